The molecule has 2 heterocycles. The number of halogens is 1. The number of benzene rings is 2. The zero-order valence-electron chi connectivity index (χ0n) is 15.9. The minimum atomic E-state index is 0.169. The fourth-order valence-electron chi connectivity index (χ4n) is 3.81. The van der Waals surface area contributed by atoms with E-state index in [1.54, 1.807) is 0 Å². The van der Waals surface area contributed by atoms with Crippen molar-refractivity contribution in [3.05, 3.63) is 64.3 Å². The molecule has 1 unspecified atom stereocenters. The molecule has 3 aromatic rings. The van der Waals surface area contributed by atoms with Crippen LogP contribution in [0.5, 0.6) is 5.75 Å². The van der Waals surface area contributed by atoms with Crippen LogP contribution in [0.4, 0.5) is 0 Å². The van der Waals surface area contributed by atoms with Gasteiger partial charge in [-0.1, -0.05) is 23.7 Å². The van der Waals surface area contributed by atoms with E-state index < -0.39 is 0 Å². The first-order valence-corrected chi connectivity index (χ1v) is 9.90. The number of hydrogen-bond donors (Lipinski definition) is 2. The number of aromatic amines is 1. The first-order chi connectivity index (χ1) is 13.1. The Bertz CT molecular complexity index is 917. The van der Waals surface area contributed by atoms with Gasteiger partial charge in [0.15, 0.2) is 0 Å². The van der Waals surface area contributed by atoms with Crippen molar-refractivity contribution < 1.29 is 4.74 Å². The molecule has 5 heteroatoms. The Balaban J connectivity index is 1.52. The molecule has 2 N–H and O–H groups in total. The second kappa shape index (κ2) is 7.93. The summed E-state index contributed by atoms with van der Waals surface area (Å²) in [6.07, 6.45) is 2.04. The van der Waals surface area contributed by atoms with Gasteiger partial charge in [0.1, 0.15) is 5.75 Å². The van der Waals surface area contributed by atoms with Crippen molar-refractivity contribution in [1.29, 1.82) is 0 Å². The standard InChI is InChI=1S/C22H26ClN3O/c1-26(2)12-3-13-27-17-7-4-15(5-8-17)21-22-18(10-11-24-21)19-14-16(23)6-9-20(19)25-22/h4-9,14,21,24-25H,3,10-13H2,1-2H3. The second-order valence-electron chi connectivity index (χ2n) is 7.42. The molecule has 0 amide bonds. The summed E-state index contributed by atoms with van der Waals surface area (Å²) in [6.45, 7) is 2.74. The van der Waals surface area contributed by atoms with Gasteiger partial charge in [-0.15, -0.1) is 0 Å². The molecule has 142 valence electrons. The van der Waals surface area contributed by atoms with E-state index >= 15 is 0 Å². The van der Waals surface area contributed by atoms with Gasteiger partial charge in [0.25, 0.3) is 0 Å². The summed E-state index contributed by atoms with van der Waals surface area (Å²) in [5.41, 5.74) is 5.02. The molecule has 4 rings (SSSR count). The van der Waals surface area contributed by atoms with Crippen molar-refractivity contribution in [3.63, 3.8) is 0 Å². The summed E-state index contributed by atoms with van der Waals surface area (Å²) in [7, 11) is 4.16. The summed E-state index contributed by atoms with van der Waals surface area (Å²) >= 11 is 6.21. The molecule has 0 aliphatic carbocycles. The van der Waals surface area contributed by atoms with Gasteiger partial charge in [0.2, 0.25) is 0 Å². The average molecular weight is 384 g/mol. The highest BCUT2D eigenvalue weighted by Crippen LogP contribution is 2.35. The Labute approximate surface area is 165 Å². The van der Waals surface area contributed by atoms with E-state index in [4.69, 9.17) is 16.3 Å². The minimum absolute atomic E-state index is 0.169. The number of H-pyrrole nitrogens is 1. The monoisotopic (exact) mass is 383 g/mol. The van der Waals surface area contributed by atoms with E-state index in [-0.39, 0.29) is 6.04 Å². The highest BCUT2D eigenvalue weighted by atomic mass is 35.5. The molecule has 0 bridgehead atoms. The van der Waals surface area contributed by atoms with Gasteiger partial charge in [0.05, 0.1) is 12.6 Å². The van der Waals surface area contributed by atoms with Gasteiger partial charge in [-0.25, -0.2) is 0 Å². The Kier molecular flexibility index (Phi) is 5.39. The van der Waals surface area contributed by atoms with E-state index in [0.29, 0.717) is 0 Å². The lowest BCUT2D eigenvalue weighted by Crippen LogP contribution is -2.30. The van der Waals surface area contributed by atoms with Crippen molar-refractivity contribution >= 4 is 22.5 Å². The molecule has 0 spiro atoms. The van der Waals surface area contributed by atoms with Crippen molar-refractivity contribution in [2.75, 3.05) is 33.8 Å². The lowest BCUT2D eigenvalue weighted by Gasteiger charge is -2.25. The third-order valence-electron chi connectivity index (χ3n) is 5.15. The van der Waals surface area contributed by atoms with Crippen molar-refractivity contribution in [2.24, 2.45) is 0 Å². The molecule has 0 saturated carbocycles. The first-order valence-electron chi connectivity index (χ1n) is 9.52. The van der Waals surface area contributed by atoms with Gasteiger partial charge in [-0.2, -0.15) is 0 Å². The molecule has 1 aliphatic rings. The Morgan fingerprint density at radius 1 is 1.15 bits per heavy atom. The van der Waals surface area contributed by atoms with E-state index in [0.717, 1.165) is 48.8 Å². The van der Waals surface area contributed by atoms with Gasteiger partial charge >= 0.3 is 0 Å². The van der Waals surface area contributed by atoms with Crippen LogP contribution in [0.25, 0.3) is 10.9 Å². The number of hydrogen-bond acceptors (Lipinski definition) is 3. The van der Waals surface area contributed by atoms with Crippen LogP contribution in [0.2, 0.25) is 5.02 Å². The topological polar surface area (TPSA) is 40.3 Å². The zero-order chi connectivity index (χ0) is 18.8. The molecular formula is C22H26ClN3O. The van der Waals surface area contributed by atoms with Crippen LogP contribution < -0.4 is 10.1 Å². The van der Waals surface area contributed by atoms with Crippen LogP contribution in [-0.4, -0.2) is 43.7 Å². The lowest BCUT2D eigenvalue weighted by atomic mass is 9.94. The van der Waals surface area contributed by atoms with Crippen LogP contribution in [0, 0.1) is 0 Å². The second-order valence-corrected chi connectivity index (χ2v) is 7.86. The van der Waals surface area contributed by atoms with Gasteiger partial charge < -0.3 is 19.9 Å². The number of fused-ring (bicyclic) bond motifs is 3. The zero-order valence-corrected chi connectivity index (χ0v) is 16.6. The third kappa shape index (κ3) is 3.98. The van der Waals surface area contributed by atoms with Crippen LogP contribution in [-0.2, 0) is 6.42 Å². The normalized spacial score (nSPS) is 16.7. The Hall–Kier alpha value is -2.01. The minimum Gasteiger partial charge on any atom is -0.494 e. The molecule has 27 heavy (non-hydrogen) atoms. The quantitative estimate of drug-likeness (QED) is 0.620. The molecule has 4 nitrogen and oxygen atoms in total. The van der Waals surface area contributed by atoms with Gasteiger partial charge in [-0.3, -0.25) is 0 Å². The SMILES string of the molecule is CN(C)CCCOc1ccc(C2NCCc3c2[nH]c2ccc(Cl)cc32)cc1. The Morgan fingerprint density at radius 3 is 2.74 bits per heavy atom. The highest BCUT2D eigenvalue weighted by Gasteiger charge is 2.25. The largest absolute Gasteiger partial charge is 0.494 e. The van der Waals surface area contributed by atoms with Crippen LogP contribution in [0.15, 0.2) is 42.5 Å². The molecule has 0 radical (unpaired) electrons. The molecule has 1 atom stereocenters. The number of ether oxygens (including phenoxy) is 1. The number of rotatable bonds is 6. The summed E-state index contributed by atoms with van der Waals surface area (Å²) in [5, 5.41) is 5.67. The lowest BCUT2D eigenvalue weighted by molar-refractivity contribution is 0.281. The molecule has 1 aliphatic heterocycles. The van der Waals surface area contributed by atoms with Gasteiger partial charge in [-0.05, 0) is 68.4 Å². The molecule has 1 aromatic heterocycles. The molecule has 0 saturated heterocycles. The van der Waals surface area contributed by atoms with Crippen LogP contribution in [0.3, 0.4) is 0 Å². The summed E-state index contributed by atoms with van der Waals surface area (Å²) in [4.78, 5) is 5.77. The van der Waals surface area contributed by atoms with E-state index in [1.807, 2.05) is 6.07 Å². The average Bonchev–Trinajstić information content (AvgIpc) is 3.03. The van der Waals surface area contributed by atoms with Gasteiger partial charge in [0, 0.05) is 34.7 Å². The predicted molar refractivity (Wildman–Crippen MR) is 112 cm³/mol. The molecule has 2 aromatic carbocycles. The Morgan fingerprint density at radius 2 is 1.96 bits per heavy atom. The number of nitrogens with one attached hydrogen (secondary N) is 2. The van der Waals surface area contributed by atoms with Crippen molar-refractivity contribution in [1.82, 2.24) is 15.2 Å². The van der Waals surface area contributed by atoms with E-state index in [9.17, 15) is 0 Å². The molecular weight excluding hydrogens is 358 g/mol. The summed E-state index contributed by atoms with van der Waals surface area (Å²) in [5.74, 6) is 0.928. The maximum absolute atomic E-state index is 6.21. The smallest absolute Gasteiger partial charge is 0.119 e. The predicted octanol–water partition coefficient (Wildman–Crippen LogP) is 4.39. The fraction of sp³-hybridized carbons (Fsp3) is 0.364. The third-order valence-corrected chi connectivity index (χ3v) is 5.38. The summed E-state index contributed by atoms with van der Waals surface area (Å²) < 4.78 is 5.86. The molecule has 0 fully saturated rings. The van der Waals surface area contributed by atoms with E-state index in [1.165, 1.54) is 22.2 Å². The van der Waals surface area contributed by atoms with Crippen molar-refractivity contribution in [3.8, 4) is 5.75 Å². The van der Waals surface area contributed by atoms with Crippen LogP contribution in [0.1, 0.15) is 29.3 Å². The number of nitrogens with zero attached hydrogens (tertiary/aromatic N) is 1. The van der Waals surface area contributed by atoms with Crippen LogP contribution >= 0.6 is 11.6 Å². The number of aromatic nitrogens is 1. The summed E-state index contributed by atoms with van der Waals surface area (Å²) in [6, 6.07) is 14.7. The highest BCUT2D eigenvalue weighted by molar-refractivity contribution is 6.31. The maximum Gasteiger partial charge on any atom is 0.119 e. The van der Waals surface area contributed by atoms with Crippen molar-refractivity contribution in [2.45, 2.75) is 18.9 Å². The fourth-order valence-corrected chi connectivity index (χ4v) is 3.98. The first kappa shape index (κ1) is 18.4. The maximum atomic E-state index is 6.21. The van der Waals surface area contributed by atoms with E-state index in [2.05, 4.69) is 65.7 Å².